The molecule has 1 aliphatic carbocycles. The molecule has 3 aliphatic rings. The van der Waals surface area contributed by atoms with Crippen LogP contribution in [-0.2, 0) is 6.54 Å². The Bertz CT molecular complexity index is 1230. The van der Waals surface area contributed by atoms with Gasteiger partial charge in [0, 0.05) is 36.2 Å². The smallest absolute Gasteiger partial charge is 0.278 e. The lowest BCUT2D eigenvalue weighted by atomic mass is 9.90. The molecule has 0 N–H and O–H groups in total. The Morgan fingerprint density at radius 1 is 1.03 bits per heavy atom. The molecule has 0 amide bonds. The molecule has 2 aromatic rings. The number of hydrogen-bond acceptors (Lipinski definition) is 4. The van der Waals surface area contributed by atoms with Gasteiger partial charge in [0.25, 0.3) is 6.43 Å². The number of alkyl halides is 4. The van der Waals surface area contributed by atoms with E-state index >= 15 is 0 Å². The number of rotatable bonds is 8. The van der Waals surface area contributed by atoms with Crippen LogP contribution in [0.5, 0.6) is 0 Å². The van der Waals surface area contributed by atoms with Crippen LogP contribution in [-0.4, -0.2) is 58.9 Å². The lowest BCUT2D eigenvalue weighted by Crippen LogP contribution is -2.46. The van der Waals surface area contributed by atoms with Crippen molar-refractivity contribution >= 4 is 33.7 Å². The van der Waals surface area contributed by atoms with Crippen LogP contribution in [0.2, 0.25) is 0 Å². The van der Waals surface area contributed by atoms with Crippen molar-refractivity contribution < 1.29 is 17.6 Å². The first kappa shape index (κ1) is 28.0. The van der Waals surface area contributed by atoms with Gasteiger partial charge in [-0.3, -0.25) is 0 Å². The Hall–Kier alpha value is -2.52. The number of hydrogen-bond donors (Lipinski definition) is 0. The number of benzene rings is 2. The monoisotopic (exact) mass is 560 g/mol. The SMILES string of the molecule is C=S(C1CCN(C2CCC(F)(F)CC2)CC1)N(Cc1ccc(C2=NN=C(C(F)F)C2)cc1)c1cccc(C)c1. The molecule has 2 aromatic carbocycles. The van der Waals surface area contributed by atoms with Crippen LogP contribution in [0.3, 0.4) is 0 Å². The van der Waals surface area contributed by atoms with Crippen molar-refractivity contribution in [3.05, 3.63) is 65.2 Å². The summed E-state index contributed by atoms with van der Waals surface area (Å²) in [6.45, 7) is 4.63. The summed E-state index contributed by atoms with van der Waals surface area (Å²) in [7, 11) is -0.292. The molecule has 4 nitrogen and oxygen atoms in total. The third-order valence-corrected chi connectivity index (χ3v) is 10.3. The van der Waals surface area contributed by atoms with Gasteiger partial charge in [0.1, 0.15) is 5.71 Å². The van der Waals surface area contributed by atoms with Gasteiger partial charge in [-0.1, -0.05) is 52.9 Å². The first-order chi connectivity index (χ1) is 18.7. The second kappa shape index (κ2) is 11.9. The van der Waals surface area contributed by atoms with Gasteiger partial charge in [-0.2, -0.15) is 10.2 Å². The molecule has 0 aromatic heterocycles. The Balaban J connectivity index is 1.25. The number of halogens is 4. The number of aryl methyl sites for hydroxylation is 1. The van der Waals surface area contributed by atoms with Crippen molar-refractivity contribution in [2.75, 3.05) is 17.4 Å². The minimum atomic E-state index is -2.58. The lowest BCUT2D eigenvalue weighted by Gasteiger charge is -2.43. The molecule has 2 fully saturated rings. The van der Waals surface area contributed by atoms with Crippen molar-refractivity contribution in [1.82, 2.24) is 4.90 Å². The van der Waals surface area contributed by atoms with Gasteiger partial charge in [0.15, 0.2) is 0 Å². The molecule has 39 heavy (non-hydrogen) atoms. The Morgan fingerprint density at radius 2 is 1.72 bits per heavy atom. The van der Waals surface area contributed by atoms with Crippen molar-refractivity contribution in [1.29, 1.82) is 0 Å². The summed E-state index contributed by atoms with van der Waals surface area (Å²) in [4.78, 5) is 2.42. The van der Waals surface area contributed by atoms with E-state index in [4.69, 9.17) is 0 Å². The third kappa shape index (κ3) is 6.80. The standard InChI is InChI=1S/C30H36F4N4S/c1-21-4-3-5-25(18-21)38(20-22-6-8-23(9-7-22)27-19-28(29(31)32)36-35-27)39(2)26-12-16-37(17-13-26)24-10-14-30(33,34)15-11-24/h3-9,18,24,26,29H,2,10-17,19-20H2,1H3. The first-order valence-electron chi connectivity index (χ1n) is 13.7. The maximum Gasteiger partial charge on any atom is 0.278 e. The highest BCUT2D eigenvalue weighted by Gasteiger charge is 2.38. The summed E-state index contributed by atoms with van der Waals surface area (Å²) in [6, 6.07) is 16.7. The number of likely N-dealkylation sites (tertiary alicyclic amines) is 1. The Morgan fingerprint density at radius 3 is 2.33 bits per heavy atom. The summed E-state index contributed by atoms with van der Waals surface area (Å²) < 4.78 is 55.6. The highest BCUT2D eigenvalue weighted by molar-refractivity contribution is 8.15. The van der Waals surface area contributed by atoms with Crippen molar-refractivity contribution in [3.63, 3.8) is 0 Å². The van der Waals surface area contributed by atoms with E-state index in [0.29, 0.717) is 30.3 Å². The predicted octanol–water partition coefficient (Wildman–Crippen LogP) is 7.47. The minimum Gasteiger partial charge on any atom is -0.318 e. The van der Waals surface area contributed by atoms with Gasteiger partial charge < -0.3 is 9.21 Å². The summed E-state index contributed by atoms with van der Waals surface area (Å²) in [5.41, 5.74) is 4.61. The van der Waals surface area contributed by atoms with E-state index in [0.717, 1.165) is 42.7 Å². The molecule has 210 valence electrons. The molecule has 1 atom stereocenters. The molecule has 1 unspecified atom stereocenters. The molecule has 5 rings (SSSR count). The van der Waals surface area contributed by atoms with Crippen LogP contribution in [0, 0.1) is 6.92 Å². The van der Waals surface area contributed by atoms with E-state index in [-0.39, 0.29) is 41.7 Å². The summed E-state index contributed by atoms with van der Waals surface area (Å²) >= 11 is 0. The maximum absolute atomic E-state index is 13.6. The van der Waals surface area contributed by atoms with Crippen molar-refractivity contribution in [2.24, 2.45) is 10.2 Å². The van der Waals surface area contributed by atoms with Gasteiger partial charge >= 0.3 is 0 Å². The first-order valence-corrected chi connectivity index (χ1v) is 15.1. The van der Waals surface area contributed by atoms with E-state index in [1.165, 1.54) is 5.56 Å². The van der Waals surface area contributed by atoms with Gasteiger partial charge in [-0.25, -0.2) is 17.6 Å². The summed E-state index contributed by atoms with van der Waals surface area (Å²) in [6.07, 6.45) is 0.692. The molecular weight excluding hydrogens is 524 g/mol. The second-order valence-electron chi connectivity index (χ2n) is 10.9. The van der Waals surface area contributed by atoms with Crippen LogP contribution in [0.25, 0.3) is 0 Å². The molecule has 9 heteroatoms. The van der Waals surface area contributed by atoms with Crippen molar-refractivity contribution in [3.8, 4) is 0 Å². The van der Waals surface area contributed by atoms with E-state index in [2.05, 4.69) is 56.5 Å². The largest absolute Gasteiger partial charge is 0.318 e. The molecule has 2 aliphatic heterocycles. The quantitative estimate of drug-likeness (QED) is 0.248. The second-order valence-corrected chi connectivity index (χ2v) is 12.8. The summed E-state index contributed by atoms with van der Waals surface area (Å²) in [5.74, 6) is 2.17. The van der Waals surface area contributed by atoms with E-state index in [1.54, 1.807) is 0 Å². The van der Waals surface area contributed by atoms with Gasteiger partial charge in [0.05, 0.1) is 12.3 Å². The number of nitrogens with zero attached hydrogens (tertiary/aromatic N) is 4. The molecule has 1 saturated carbocycles. The van der Waals surface area contributed by atoms with Crippen LogP contribution in [0.1, 0.15) is 61.6 Å². The lowest BCUT2D eigenvalue weighted by molar-refractivity contribution is -0.0552. The van der Waals surface area contributed by atoms with Gasteiger partial charge in [-0.05, 0) is 74.5 Å². The Kier molecular flexibility index (Phi) is 8.57. The molecule has 0 radical (unpaired) electrons. The normalized spacial score (nSPS) is 21.6. The molecule has 0 spiro atoms. The fourth-order valence-corrected chi connectivity index (χ4v) is 7.61. The zero-order valence-corrected chi connectivity index (χ0v) is 23.2. The maximum atomic E-state index is 13.6. The van der Waals surface area contributed by atoms with Gasteiger partial charge in [-0.15, -0.1) is 0 Å². The minimum absolute atomic E-state index is 0.00494. The molecule has 2 heterocycles. The predicted molar refractivity (Wildman–Crippen MR) is 155 cm³/mol. The highest BCUT2D eigenvalue weighted by atomic mass is 32.2. The molecule has 0 bridgehead atoms. The fourth-order valence-electron chi connectivity index (χ4n) is 5.79. The van der Waals surface area contributed by atoms with E-state index in [1.807, 2.05) is 24.3 Å². The third-order valence-electron chi connectivity index (χ3n) is 8.15. The molecular formula is C30H36F4N4S. The molecule has 1 saturated heterocycles. The van der Waals surface area contributed by atoms with Gasteiger partial charge in [0.2, 0.25) is 5.92 Å². The van der Waals surface area contributed by atoms with Crippen LogP contribution in [0.15, 0.2) is 58.7 Å². The van der Waals surface area contributed by atoms with Crippen molar-refractivity contribution in [2.45, 2.75) is 82.1 Å². The average molecular weight is 561 g/mol. The topological polar surface area (TPSA) is 31.2 Å². The van der Waals surface area contributed by atoms with Crippen LogP contribution in [0.4, 0.5) is 23.2 Å². The fraction of sp³-hybridized carbons (Fsp3) is 0.500. The number of anilines is 1. The zero-order valence-electron chi connectivity index (χ0n) is 22.3. The summed E-state index contributed by atoms with van der Waals surface area (Å²) in [5, 5.41) is 8.01. The number of piperidine rings is 1. The van der Waals surface area contributed by atoms with Crippen LogP contribution < -0.4 is 4.31 Å². The van der Waals surface area contributed by atoms with Crippen LogP contribution >= 0.6 is 10.7 Å². The van der Waals surface area contributed by atoms with E-state index in [9.17, 15) is 17.6 Å². The van der Waals surface area contributed by atoms with E-state index < -0.39 is 12.3 Å². The highest BCUT2D eigenvalue weighted by Crippen LogP contribution is 2.40. The zero-order chi connectivity index (χ0) is 27.6. The Labute approximate surface area is 230 Å². The average Bonchev–Trinajstić information content (AvgIpc) is 3.43.